The van der Waals surface area contributed by atoms with Gasteiger partial charge in [0.25, 0.3) is 0 Å². The van der Waals surface area contributed by atoms with Crippen LogP contribution in [0.1, 0.15) is 20.7 Å². The first-order chi connectivity index (χ1) is 11.8. The van der Waals surface area contributed by atoms with Crippen molar-refractivity contribution in [2.75, 3.05) is 14.2 Å². The van der Waals surface area contributed by atoms with Crippen LogP contribution in [0, 0.1) is 6.07 Å². The standard InChI is InChI=1S/C16H13O8S.Na/c1-22-15(17)11-8-7-10(9-12(11)16(18)23-2)24-13-5-3-4-6-14(13)25(19,20)21;/h3,5-9H,1-2H3,(H,19,20,21);/q-1;+1. The zero-order chi connectivity index (χ0) is 18.6. The normalized spacial score (nSPS) is 10.4. The molecule has 0 unspecified atom stereocenters. The van der Waals surface area contributed by atoms with E-state index in [4.69, 9.17) is 4.74 Å². The summed E-state index contributed by atoms with van der Waals surface area (Å²) >= 11 is 0. The molecule has 26 heavy (non-hydrogen) atoms. The number of ether oxygens (including phenoxy) is 3. The van der Waals surface area contributed by atoms with E-state index in [0.29, 0.717) is 0 Å². The van der Waals surface area contributed by atoms with Crippen molar-refractivity contribution in [2.45, 2.75) is 4.90 Å². The molecule has 0 amide bonds. The van der Waals surface area contributed by atoms with Crippen molar-refractivity contribution in [2.24, 2.45) is 0 Å². The molecule has 0 saturated heterocycles. The number of carbonyl (C=O) groups is 2. The van der Waals surface area contributed by atoms with Gasteiger partial charge in [-0.2, -0.15) is 18.2 Å². The summed E-state index contributed by atoms with van der Waals surface area (Å²) in [6.45, 7) is 0. The molecule has 0 spiro atoms. The molecule has 1 N–H and O–H groups in total. The van der Waals surface area contributed by atoms with Crippen molar-refractivity contribution in [3.63, 3.8) is 0 Å². The summed E-state index contributed by atoms with van der Waals surface area (Å²) in [5.74, 6) is -1.69. The maximum atomic E-state index is 11.9. The van der Waals surface area contributed by atoms with E-state index < -0.39 is 27.0 Å². The predicted octanol–water partition coefficient (Wildman–Crippen LogP) is -0.897. The van der Waals surface area contributed by atoms with Crippen LogP contribution in [0.2, 0.25) is 0 Å². The molecule has 0 aliphatic carbocycles. The molecule has 2 aromatic carbocycles. The van der Waals surface area contributed by atoms with Gasteiger partial charge < -0.3 is 14.2 Å². The summed E-state index contributed by atoms with van der Waals surface area (Å²) in [4.78, 5) is 23.1. The zero-order valence-electron chi connectivity index (χ0n) is 14.2. The molecule has 10 heteroatoms. The Labute approximate surface area is 172 Å². The second kappa shape index (κ2) is 9.15. The van der Waals surface area contributed by atoms with Crippen LogP contribution in [0.3, 0.4) is 0 Å². The second-order valence-electron chi connectivity index (χ2n) is 4.64. The van der Waals surface area contributed by atoms with Gasteiger partial charge in [-0.05, 0) is 18.2 Å². The van der Waals surface area contributed by atoms with Gasteiger partial charge in [0, 0.05) is 10.6 Å². The van der Waals surface area contributed by atoms with Crippen LogP contribution >= 0.6 is 0 Å². The van der Waals surface area contributed by atoms with Gasteiger partial charge in [0.05, 0.1) is 25.3 Å². The molecule has 0 bridgehead atoms. The summed E-state index contributed by atoms with van der Waals surface area (Å²) in [6, 6.07) is 10.0. The molecule has 0 atom stereocenters. The topological polar surface area (TPSA) is 116 Å². The van der Waals surface area contributed by atoms with Crippen molar-refractivity contribution in [1.29, 1.82) is 0 Å². The minimum Gasteiger partial charge on any atom is -0.481 e. The number of hydrogen-bond acceptors (Lipinski definition) is 7. The fourth-order valence-electron chi connectivity index (χ4n) is 1.97. The van der Waals surface area contributed by atoms with Crippen molar-refractivity contribution in [3.8, 4) is 11.5 Å². The van der Waals surface area contributed by atoms with E-state index in [1.54, 1.807) is 0 Å². The number of esters is 2. The smallest absolute Gasteiger partial charge is 0.481 e. The monoisotopic (exact) mass is 388 g/mol. The molecule has 0 fully saturated rings. The van der Waals surface area contributed by atoms with E-state index in [0.717, 1.165) is 20.3 Å². The Hall–Kier alpha value is -1.91. The Bertz CT molecular complexity index is 924. The third kappa shape index (κ3) is 5.05. The van der Waals surface area contributed by atoms with Crippen LogP contribution in [0.15, 0.2) is 41.3 Å². The molecular formula is C16H13NaO8S. The summed E-state index contributed by atoms with van der Waals surface area (Å²) in [5, 5.41) is 0. The van der Waals surface area contributed by atoms with Crippen LogP contribution in [0.5, 0.6) is 11.5 Å². The Morgan fingerprint density at radius 2 is 1.65 bits per heavy atom. The van der Waals surface area contributed by atoms with Gasteiger partial charge in [-0.25, -0.2) is 18.0 Å². The Kier molecular flexibility index (Phi) is 7.79. The Morgan fingerprint density at radius 1 is 1.04 bits per heavy atom. The molecule has 0 aromatic heterocycles. The first-order valence-corrected chi connectivity index (χ1v) is 8.18. The molecule has 2 rings (SSSR count). The van der Waals surface area contributed by atoms with Crippen molar-refractivity contribution in [1.82, 2.24) is 0 Å². The summed E-state index contributed by atoms with van der Waals surface area (Å²) in [6.07, 6.45) is 0. The van der Waals surface area contributed by atoms with Gasteiger partial charge in [-0.15, -0.1) is 6.07 Å². The first-order valence-electron chi connectivity index (χ1n) is 6.74. The van der Waals surface area contributed by atoms with Crippen molar-refractivity contribution in [3.05, 3.63) is 53.6 Å². The summed E-state index contributed by atoms with van der Waals surface area (Å²) in [7, 11) is -2.23. The van der Waals surface area contributed by atoms with Gasteiger partial charge in [0.2, 0.25) is 10.1 Å². The van der Waals surface area contributed by atoms with Gasteiger partial charge >= 0.3 is 41.5 Å². The van der Waals surface area contributed by atoms with Crippen molar-refractivity contribution >= 4 is 22.1 Å². The van der Waals surface area contributed by atoms with E-state index in [9.17, 15) is 22.6 Å². The molecule has 0 aliphatic rings. The molecule has 0 saturated carbocycles. The van der Waals surface area contributed by atoms with Gasteiger partial charge in [0.1, 0.15) is 5.75 Å². The van der Waals surface area contributed by atoms with Crippen LogP contribution in [-0.2, 0) is 19.6 Å². The van der Waals surface area contributed by atoms with Gasteiger partial charge in [-0.3, -0.25) is 4.55 Å². The fraction of sp³-hybridized carbons (Fsp3) is 0.125. The third-order valence-corrected chi connectivity index (χ3v) is 3.97. The van der Waals surface area contributed by atoms with Gasteiger partial charge in [-0.1, -0.05) is 0 Å². The average Bonchev–Trinajstić information content (AvgIpc) is 2.59. The van der Waals surface area contributed by atoms with Crippen LogP contribution in [0.4, 0.5) is 0 Å². The number of methoxy groups -OCH3 is 2. The predicted molar refractivity (Wildman–Crippen MR) is 84.3 cm³/mol. The van der Waals surface area contributed by atoms with E-state index in [1.807, 2.05) is 0 Å². The Morgan fingerprint density at radius 3 is 2.23 bits per heavy atom. The van der Waals surface area contributed by atoms with Crippen molar-refractivity contribution < 1.29 is 66.3 Å². The first kappa shape index (κ1) is 22.1. The van der Waals surface area contributed by atoms with E-state index in [-0.39, 0.29) is 52.2 Å². The molecule has 2 aromatic rings. The second-order valence-corrected chi connectivity index (χ2v) is 6.03. The number of hydrogen-bond donors (Lipinski definition) is 1. The molecule has 8 nitrogen and oxygen atoms in total. The third-order valence-electron chi connectivity index (χ3n) is 3.10. The largest absolute Gasteiger partial charge is 1.00 e. The molecule has 0 radical (unpaired) electrons. The number of benzene rings is 2. The molecular weight excluding hydrogens is 375 g/mol. The van der Waals surface area contributed by atoms with E-state index in [2.05, 4.69) is 15.5 Å². The summed E-state index contributed by atoms with van der Waals surface area (Å²) in [5.41, 5.74) is -0.166. The van der Waals surface area contributed by atoms with Crippen LogP contribution in [0.25, 0.3) is 0 Å². The fourth-order valence-corrected chi connectivity index (χ4v) is 2.55. The average molecular weight is 388 g/mol. The maximum absolute atomic E-state index is 11.9. The van der Waals surface area contributed by atoms with Crippen LogP contribution < -0.4 is 34.3 Å². The Balaban J connectivity index is 0.00000338. The number of rotatable bonds is 5. The minimum atomic E-state index is -4.53. The van der Waals surface area contributed by atoms with E-state index in [1.165, 1.54) is 30.3 Å². The number of carbonyl (C=O) groups excluding carboxylic acids is 2. The maximum Gasteiger partial charge on any atom is 1.00 e. The zero-order valence-corrected chi connectivity index (χ0v) is 17.0. The molecule has 0 heterocycles. The van der Waals surface area contributed by atoms with Crippen LogP contribution in [-0.4, -0.2) is 39.1 Å². The molecule has 132 valence electrons. The minimum absolute atomic E-state index is 0. The SMILES string of the molecule is COC(=O)c1ccc(Oc2cc[c-]cc2S(=O)(=O)O)cc1C(=O)OC.[Na+]. The summed E-state index contributed by atoms with van der Waals surface area (Å²) < 4.78 is 46.6. The quantitative estimate of drug-likeness (QED) is 0.303. The van der Waals surface area contributed by atoms with Gasteiger partial charge in [0.15, 0.2) is 0 Å². The molecule has 0 aliphatic heterocycles. The van der Waals surface area contributed by atoms with E-state index >= 15 is 0 Å².